The quantitative estimate of drug-likeness (QED) is 0.835. The number of hydrogen-bond donors (Lipinski definition) is 1. The summed E-state index contributed by atoms with van der Waals surface area (Å²) in [6.07, 6.45) is 3.57. The zero-order valence-corrected chi connectivity index (χ0v) is 15.3. The zero-order valence-electron chi connectivity index (χ0n) is 15.3. The highest BCUT2D eigenvalue weighted by Crippen LogP contribution is 2.33. The predicted molar refractivity (Wildman–Crippen MR) is 101 cm³/mol. The second kappa shape index (κ2) is 8.17. The molecule has 6 nitrogen and oxygen atoms in total. The van der Waals surface area contributed by atoms with Crippen LogP contribution in [0.1, 0.15) is 37.0 Å². The summed E-state index contributed by atoms with van der Waals surface area (Å²) in [4.78, 5) is 30.3. The van der Waals surface area contributed by atoms with E-state index in [9.17, 15) is 9.59 Å². The van der Waals surface area contributed by atoms with Crippen molar-refractivity contribution in [1.82, 2.24) is 10.3 Å². The molecule has 0 spiro atoms. The first-order valence-electron chi connectivity index (χ1n) is 9.14. The minimum Gasteiger partial charge on any atom is -0.462 e. The van der Waals surface area contributed by atoms with Gasteiger partial charge in [0.05, 0.1) is 17.8 Å². The van der Waals surface area contributed by atoms with Crippen LogP contribution in [0.25, 0.3) is 10.9 Å². The predicted octanol–water partition coefficient (Wildman–Crippen LogP) is 2.76. The lowest BCUT2D eigenvalue weighted by molar-refractivity contribution is -0.119. The lowest BCUT2D eigenvalue weighted by Crippen LogP contribution is -2.39. The maximum Gasteiger partial charge on any atom is 0.341 e. The first kappa shape index (κ1) is 18.2. The molecule has 1 aliphatic rings. The van der Waals surface area contributed by atoms with E-state index < -0.39 is 0 Å². The summed E-state index contributed by atoms with van der Waals surface area (Å²) in [5, 5.41) is 3.87. The van der Waals surface area contributed by atoms with Gasteiger partial charge in [0.25, 0.3) is 0 Å². The molecular formula is C20H25N3O3. The molecule has 3 rings (SSSR count). The van der Waals surface area contributed by atoms with Crippen LogP contribution in [0.2, 0.25) is 0 Å². The van der Waals surface area contributed by atoms with Crippen molar-refractivity contribution in [3.63, 3.8) is 0 Å². The number of fused-ring (bicyclic) bond motifs is 1. The molecule has 6 heteroatoms. The number of esters is 1. The Labute approximate surface area is 153 Å². The molecule has 1 aliphatic heterocycles. The van der Waals surface area contributed by atoms with Crippen LogP contribution in [0.3, 0.4) is 0 Å². The molecule has 1 aromatic heterocycles. The van der Waals surface area contributed by atoms with Crippen molar-refractivity contribution in [3.05, 3.63) is 36.0 Å². The first-order valence-corrected chi connectivity index (χ1v) is 9.14. The third-order valence-corrected chi connectivity index (χ3v) is 4.81. The Balaban J connectivity index is 1.87. The van der Waals surface area contributed by atoms with E-state index in [4.69, 9.17) is 4.74 Å². The summed E-state index contributed by atoms with van der Waals surface area (Å²) in [5.74, 6) is 0.146. The molecule has 138 valence electrons. The van der Waals surface area contributed by atoms with Crippen molar-refractivity contribution in [1.29, 1.82) is 0 Å². The number of piperidine rings is 1. The van der Waals surface area contributed by atoms with Crippen LogP contribution in [0, 0.1) is 5.92 Å². The summed E-state index contributed by atoms with van der Waals surface area (Å²) in [6, 6.07) is 7.87. The van der Waals surface area contributed by atoms with Gasteiger partial charge in [0.1, 0.15) is 5.56 Å². The van der Waals surface area contributed by atoms with E-state index in [1.807, 2.05) is 24.3 Å². The third-order valence-electron chi connectivity index (χ3n) is 4.81. The van der Waals surface area contributed by atoms with E-state index in [0.29, 0.717) is 24.6 Å². The number of pyridine rings is 1. The fourth-order valence-corrected chi connectivity index (χ4v) is 3.47. The van der Waals surface area contributed by atoms with Gasteiger partial charge in [-0.15, -0.1) is 0 Å². The number of carbonyl (C=O) groups excluding carboxylic acids is 2. The number of benzene rings is 1. The number of rotatable bonds is 5. The van der Waals surface area contributed by atoms with Gasteiger partial charge in [-0.25, -0.2) is 4.79 Å². The summed E-state index contributed by atoms with van der Waals surface area (Å²) in [7, 11) is 0. The summed E-state index contributed by atoms with van der Waals surface area (Å²) in [5.41, 5.74) is 2.30. The highest BCUT2D eigenvalue weighted by molar-refractivity contribution is 6.05. The minimum absolute atomic E-state index is 0.0113. The Hall–Kier alpha value is -2.63. The number of amides is 1. The van der Waals surface area contributed by atoms with Gasteiger partial charge in [-0.3, -0.25) is 9.78 Å². The highest BCUT2D eigenvalue weighted by atomic mass is 16.5. The normalized spacial score (nSPS) is 15.1. The molecule has 1 amide bonds. The standard InChI is InChI=1S/C20H25N3O3/c1-3-26-20(25)17-13-22-18-7-5-4-6-16(18)19(17)23-10-8-15(9-11-23)12-21-14(2)24/h4-7,13,15H,3,8-12H2,1-2H3,(H,21,24). The molecule has 0 atom stereocenters. The van der Waals surface area contributed by atoms with Crippen LogP contribution in [0.4, 0.5) is 5.69 Å². The van der Waals surface area contributed by atoms with E-state index in [1.165, 1.54) is 0 Å². The molecule has 1 saturated heterocycles. The number of aromatic nitrogens is 1. The first-order chi connectivity index (χ1) is 12.6. The Morgan fingerprint density at radius 1 is 1.27 bits per heavy atom. The summed E-state index contributed by atoms with van der Waals surface area (Å²) in [6.45, 7) is 6.08. The van der Waals surface area contributed by atoms with Crippen molar-refractivity contribution in [3.8, 4) is 0 Å². The fraction of sp³-hybridized carbons (Fsp3) is 0.450. The van der Waals surface area contributed by atoms with Gasteiger partial charge in [0.15, 0.2) is 0 Å². The molecule has 0 saturated carbocycles. The van der Waals surface area contributed by atoms with Crippen molar-refractivity contribution in [2.24, 2.45) is 5.92 Å². The van der Waals surface area contributed by atoms with Gasteiger partial charge in [-0.05, 0) is 31.7 Å². The van der Waals surface area contributed by atoms with Gasteiger partial charge < -0.3 is 15.0 Å². The number of para-hydroxylation sites is 1. The lowest BCUT2D eigenvalue weighted by atomic mass is 9.95. The van der Waals surface area contributed by atoms with Gasteiger partial charge in [0.2, 0.25) is 5.91 Å². The number of carbonyl (C=O) groups is 2. The van der Waals surface area contributed by atoms with Crippen molar-refractivity contribution >= 4 is 28.5 Å². The van der Waals surface area contributed by atoms with Crippen LogP contribution in [0.5, 0.6) is 0 Å². The third kappa shape index (κ3) is 3.95. The average molecular weight is 355 g/mol. The molecule has 1 aromatic carbocycles. The van der Waals surface area contributed by atoms with Crippen molar-refractivity contribution < 1.29 is 14.3 Å². The fourth-order valence-electron chi connectivity index (χ4n) is 3.47. The van der Waals surface area contributed by atoms with Crippen molar-refractivity contribution in [2.45, 2.75) is 26.7 Å². The van der Waals surface area contributed by atoms with Crippen LogP contribution < -0.4 is 10.2 Å². The van der Waals surface area contributed by atoms with Gasteiger partial charge >= 0.3 is 5.97 Å². The lowest BCUT2D eigenvalue weighted by Gasteiger charge is -2.35. The second-order valence-corrected chi connectivity index (χ2v) is 6.63. The van der Waals surface area contributed by atoms with Gasteiger partial charge in [0, 0.05) is 38.1 Å². The Morgan fingerprint density at radius 2 is 2.00 bits per heavy atom. The molecule has 0 bridgehead atoms. The largest absolute Gasteiger partial charge is 0.462 e. The molecule has 0 radical (unpaired) electrons. The Bertz CT molecular complexity index is 798. The van der Waals surface area contributed by atoms with Gasteiger partial charge in [-0.2, -0.15) is 0 Å². The smallest absolute Gasteiger partial charge is 0.341 e. The highest BCUT2D eigenvalue weighted by Gasteiger charge is 2.25. The number of ether oxygens (including phenoxy) is 1. The van der Waals surface area contributed by atoms with E-state index in [0.717, 1.165) is 42.5 Å². The molecule has 1 fully saturated rings. The van der Waals surface area contributed by atoms with Crippen LogP contribution in [-0.2, 0) is 9.53 Å². The van der Waals surface area contributed by atoms with Crippen LogP contribution in [0.15, 0.2) is 30.5 Å². The zero-order chi connectivity index (χ0) is 18.5. The molecule has 2 heterocycles. The molecule has 0 unspecified atom stereocenters. The second-order valence-electron chi connectivity index (χ2n) is 6.63. The average Bonchev–Trinajstić information content (AvgIpc) is 2.66. The molecule has 26 heavy (non-hydrogen) atoms. The number of nitrogens with zero attached hydrogens (tertiary/aromatic N) is 2. The van der Waals surface area contributed by atoms with Crippen LogP contribution >= 0.6 is 0 Å². The summed E-state index contributed by atoms with van der Waals surface area (Å²) < 4.78 is 5.24. The number of hydrogen-bond acceptors (Lipinski definition) is 5. The van der Waals surface area contributed by atoms with E-state index in [2.05, 4.69) is 15.2 Å². The maximum absolute atomic E-state index is 12.5. The number of nitrogens with one attached hydrogen (secondary N) is 1. The minimum atomic E-state index is -0.332. The Kier molecular flexibility index (Phi) is 5.71. The summed E-state index contributed by atoms with van der Waals surface area (Å²) >= 11 is 0. The van der Waals surface area contributed by atoms with E-state index >= 15 is 0 Å². The molecule has 0 aliphatic carbocycles. The topological polar surface area (TPSA) is 71.5 Å². The molecule has 2 aromatic rings. The van der Waals surface area contributed by atoms with Gasteiger partial charge in [-0.1, -0.05) is 18.2 Å². The Morgan fingerprint density at radius 3 is 2.69 bits per heavy atom. The van der Waals surface area contributed by atoms with E-state index in [-0.39, 0.29) is 11.9 Å². The number of anilines is 1. The maximum atomic E-state index is 12.5. The molecule has 1 N–H and O–H groups in total. The van der Waals surface area contributed by atoms with Crippen LogP contribution in [-0.4, -0.2) is 43.1 Å². The SMILES string of the molecule is CCOC(=O)c1cnc2ccccc2c1N1CCC(CNC(C)=O)CC1. The molecular weight excluding hydrogens is 330 g/mol. The van der Waals surface area contributed by atoms with E-state index in [1.54, 1.807) is 20.0 Å². The monoisotopic (exact) mass is 355 g/mol. The van der Waals surface area contributed by atoms with Crippen molar-refractivity contribution in [2.75, 3.05) is 31.1 Å².